The first-order valence-corrected chi connectivity index (χ1v) is 7.65. The maximum absolute atomic E-state index is 5.83. The van der Waals surface area contributed by atoms with Crippen molar-refractivity contribution >= 4 is 11.3 Å². The Bertz CT molecular complexity index is 369. The number of hydrogen-bond donors (Lipinski definition) is 1. The predicted octanol–water partition coefficient (Wildman–Crippen LogP) is 2.21. The van der Waals surface area contributed by atoms with Gasteiger partial charge in [-0.2, -0.15) is 0 Å². The third-order valence-electron chi connectivity index (χ3n) is 3.37. The van der Waals surface area contributed by atoms with Gasteiger partial charge in [-0.3, -0.25) is 4.90 Å². The van der Waals surface area contributed by atoms with Gasteiger partial charge in [-0.05, 0) is 20.0 Å². The Balaban J connectivity index is 2.00. The molecule has 0 amide bonds. The summed E-state index contributed by atoms with van der Waals surface area (Å²) in [7, 11) is 0. The maximum Gasteiger partial charge on any atom is 0.123 e. The quantitative estimate of drug-likeness (QED) is 0.889. The topological polar surface area (TPSA) is 37.4 Å². The van der Waals surface area contributed by atoms with Gasteiger partial charge in [0.1, 0.15) is 11.1 Å². The Morgan fingerprint density at radius 3 is 3.17 bits per heavy atom. The van der Waals surface area contributed by atoms with E-state index in [0.717, 1.165) is 43.5 Å². The molecule has 2 unspecified atom stereocenters. The summed E-state index contributed by atoms with van der Waals surface area (Å²) in [6.45, 7) is 11.4. The highest BCUT2D eigenvalue weighted by atomic mass is 32.1. The first kappa shape index (κ1) is 13.9. The minimum atomic E-state index is 0.159. The number of nitrogens with one attached hydrogen (secondary N) is 1. The molecule has 18 heavy (non-hydrogen) atoms. The second-order valence-electron chi connectivity index (χ2n) is 4.64. The summed E-state index contributed by atoms with van der Waals surface area (Å²) in [5.41, 5.74) is 1.13. The van der Waals surface area contributed by atoms with Gasteiger partial charge >= 0.3 is 0 Å². The van der Waals surface area contributed by atoms with Crippen LogP contribution in [0.2, 0.25) is 0 Å². The fourth-order valence-corrected chi connectivity index (χ4v) is 3.15. The van der Waals surface area contributed by atoms with Crippen LogP contribution in [0.1, 0.15) is 43.6 Å². The molecule has 1 aromatic rings. The fourth-order valence-electron chi connectivity index (χ4n) is 2.20. The molecule has 2 rings (SSSR count). The molecule has 0 saturated carbocycles. The van der Waals surface area contributed by atoms with E-state index in [1.165, 1.54) is 0 Å². The molecule has 102 valence electrons. The number of nitrogens with zero attached hydrogens (tertiary/aromatic N) is 2. The molecule has 1 aliphatic rings. The summed E-state index contributed by atoms with van der Waals surface area (Å²) in [6.07, 6.45) is 0.159. The van der Waals surface area contributed by atoms with Crippen molar-refractivity contribution < 1.29 is 4.74 Å². The average molecular weight is 269 g/mol. The van der Waals surface area contributed by atoms with Crippen LogP contribution in [-0.2, 0) is 4.74 Å². The first-order chi connectivity index (χ1) is 8.74. The monoisotopic (exact) mass is 269 g/mol. The summed E-state index contributed by atoms with van der Waals surface area (Å²) in [5.74, 6) is 0. The van der Waals surface area contributed by atoms with Crippen LogP contribution in [0.25, 0.3) is 0 Å². The Hall–Kier alpha value is -0.490. The van der Waals surface area contributed by atoms with E-state index < -0.39 is 0 Å². The van der Waals surface area contributed by atoms with E-state index in [-0.39, 0.29) is 6.10 Å². The first-order valence-electron chi connectivity index (χ1n) is 6.77. The Morgan fingerprint density at radius 2 is 2.44 bits per heavy atom. The van der Waals surface area contributed by atoms with Crippen LogP contribution in [0.15, 0.2) is 5.38 Å². The third kappa shape index (κ3) is 3.29. The largest absolute Gasteiger partial charge is 0.368 e. The van der Waals surface area contributed by atoms with Crippen LogP contribution in [0, 0.1) is 0 Å². The van der Waals surface area contributed by atoms with Crippen molar-refractivity contribution in [3.8, 4) is 0 Å². The van der Waals surface area contributed by atoms with Crippen LogP contribution < -0.4 is 5.32 Å². The Morgan fingerprint density at radius 1 is 1.61 bits per heavy atom. The van der Waals surface area contributed by atoms with Crippen LogP contribution in [0.5, 0.6) is 0 Å². The number of likely N-dealkylation sites (N-methyl/N-ethyl adjacent to an activating group) is 1. The van der Waals surface area contributed by atoms with Gasteiger partial charge in [-0.25, -0.2) is 4.98 Å². The maximum atomic E-state index is 5.83. The number of rotatable bonds is 5. The lowest BCUT2D eigenvalue weighted by atomic mass is 10.2. The molecule has 2 heterocycles. The van der Waals surface area contributed by atoms with Crippen LogP contribution in [0.4, 0.5) is 0 Å². The molecule has 0 radical (unpaired) electrons. The predicted molar refractivity (Wildman–Crippen MR) is 75.0 cm³/mol. The van der Waals surface area contributed by atoms with Gasteiger partial charge in [0.25, 0.3) is 0 Å². The minimum absolute atomic E-state index is 0.159. The minimum Gasteiger partial charge on any atom is -0.368 e. The van der Waals surface area contributed by atoms with Gasteiger partial charge in [0, 0.05) is 24.5 Å². The second-order valence-corrected chi connectivity index (χ2v) is 5.53. The lowest BCUT2D eigenvalue weighted by Crippen LogP contribution is -2.38. The van der Waals surface area contributed by atoms with Crippen molar-refractivity contribution in [2.24, 2.45) is 0 Å². The lowest BCUT2D eigenvalue weighted by Gasteiger charge is -2.30. The summed E-state index contributed by atoms with van der Waals surface area (Å²) in [6, 6.07) is 0.325. The molecule has 2 atom stereocenters. The number of morpholine rings is 1. The van der Waals surface area contributed by atoms with Crippen molar-refractivity contribution in [2.75, 3.05) is 32.8 Å². The van der Waals surface area contributed by atoms with Crippen molar-refractivity contribution in [1.29, 1.82) is 0 Å². The molecule has 4 nitrogen and oxygen atoms in total. The van der Waals surface area contributed by atoms with E-state index in [1.54, 1.807) is 11.3 Å². The Labute approximate surface area is 113 Å². The highest BCUT2D eigenvalue weighted by Crippen LogP contribution is 2.27. The zero-order valence-corrected chi connectivity index (χ0v) is 12.3. The van der Waals surface area contributed by atoms with Gasteiger partial charge in [0.2, 0.25) is 0 Å². The summed E-state index contributed by atoms with van der Waals surface area (Å²) >= 11 is 1.72. The van der Waals surface area contributed by atoms with Crippen molar-refractivity contribution in [1.82, 2.24) is 15.2 Å². The molecule has 0 aromatic carbocycles. The summed E-state index contributed by atoms with van der Waals surface area (Å²) < 4.78 is 5.83. The molecule has 0 bridgehead atoms. The average Bonchev–Trinajstić information content (AvgIpc) is 2.89. The highest BCUT2D eigenvalue weighted by Gasteiger charge is 2.24. The molecular weight excluding hydrogens is 246 g/mol. The fraction of sp³-hybridized carbons (Fsp3) is 0.769. The Kier molecular flexibility index (Phi) is 5.12. The number of hydrogen-bond acceptors (Lipinski definition) is 5. The standard InChI is InChI=1S/C13H23N3OS/c1-4-14-10(3)11-9-18-13(15-11)12-8-16(5-2)6-7-17-12/h9-10,12,14H,4-8H2,1-3H3. The van der Waals surface area contributed by atoms with E-state index in [9.17, 15) is 0 Å². The van der Waals surface area contributed by atoms with Gasteiger partial charge in [0.05, 0.1) is 12.3 Å². The molecule has 1 aromatic heterocycles. The zero-order chi connectivity index (χ0) is 13.0. The lowest BCUT2D eigenvalue weighted by molar-refractivity contribution is -0.0283. The van der Waals surface area contributed by atoms with E-state index in [2.05, 4.69) is 36.4 Å². The number of aromatic nitrogens is 1. The van der Waals surface area contributed by atoms with Crippen molar-refractivity contribution in [2.45, 2.75) is 32.9 Å². The van der Waals surface area contributed by atoms with Gasteiger partial charge in [-0.15, -0.1) is 11.3 Å². The van der Waals surface area contributed by atoms with Gasteiger partial charge in [0.15, 0.2) is 0 Å². The smallest absolute Gasteiger partial charge is 0.123 e. The normalized spacial score (nSPS) is 23.2. The molecule has 0 spiro atoms. The molecule has 1 fully saturated rings. The highest BCUT2D eigenvalue weighted by molar-refractivity contribution is 7.09. The van der Waals surface area contributed by atoms with Crippen molar-refractivity contribution in [3.63, 3.8) is 0 Å². The number of ether oxygens (including phenoxy) is 1. The van der Waals surface area contributed by atoms with Crippen LogP contribution in [-0.4, -0.2) is 42.7 Å². The second kappa shape index (κ2) is 6.61. The molecular formula is C13H23N3OS. The molecule has 5 heteroatoms. The van der Waals surface area contributed by atoms with Crippen molar-refractivity contribution in [3.05, 3.63) is 16.1 Å². The number of thiazole rings is 1. The molecule has 1 N–H and O–H groups in total. The van der Waals surface area contributed by atoms with Gasteiger partial charge < -0.3 is 10.1 Å². The molecule has 1 aliphatic heterocycles. The summed E-state index contributed by atoms with van der Waals surface area (Å²) in [4.78, 5) is 7.15. The third-order valence-corrected chi connectivity index (χ3v) is 4.32. The van der Waals surface area contributed by atoms with E-state index in [0.29, 0.717) is 6.04 Å². The summed E-state index contributed by atoms with van der Waals surface area (Å²) in [5, 5.41) is 6.66. The van der Waals surface area contributed by atoms with Crippen LogP contribution >= 0.6 is 11.3 Å². The van der Waals surface area contributed by atoms with E-state index in [4.69, 9.17) is 9.72 Å². The molecule has 1 saturated heterocycles. The van der Waals surface area contributed by atoms with E-state index >= 15 is 0 Å². The van der Waals surface area contributed by atoms with Gasteiger partial charge in [-0.1, -0.05) is 13.8 Å². The van der Waals surface area contributed by atoms with Crippen LogP contribution in [0.3, 0.4) is 0 Å². The SMILES string of the molecule is CCNC(C)c1csc(C2CN(CC)CCO2)n1. The zero-order valence-electron chi connectivity index (χ0n) is 11.5. The van der Waals surface area contributed by atoms with E-state index in [1.807, 2.05) is 0 Å². The molecule has 0 aliphatic carbocycles.